The Labute approximate surface area is 107 Å². The first-order valence-electron chi connectivity index (χ1n) is 6.14. The van der Waals surface area contributed by atoms with Crippen LogP contribution in [0.4, 0.5) is 0 Å². The molecule has 0 bridgehead atoms. The summed E-state index contributed by atoms with van der Waals surface area (Å²) in [5.74, 6) is 0.273. The van der Waals surface area contributed by atoms with Gasteiger partial charge in [0.2, 0.25) is 5.56 Å². The molecule has 0 aliphatic carbocycles. The third-order valence-corrected chi connectivity index (χ3v) is 2.75. The highest BCUT2D eigenvalue weighted by Gasteiger charge is 2.15. The van der Waals surface area contributed by atoms with E-state index in [1.54, 1.807) is 6.92 Å². The number of rotatable bonds is 5. The highest BCUT2D eigenvalue weighted by molar-refractivity contribution is 5.95. The maximum atomic E-state index is 12.0. The van der Waals surface area contributed by atoms with E-state index in [1.165, 1.54) is 12.3 Å². The van der Waals surface area contributed by atoms with Crippen LogP contribution in [0.5, 0.6) is 0 Å². The van der Waals surface area contributed by atoms with E-state index in [2.05, 4.69) is 24.1 Å². The molecule has 4 N–H and O–H groups in total. The molecule has 0 aliphatic heterocycles. The average Bonchev–Trinajstić information content (AvgIpc) is 2.27. The van der Waals surface area contributed by atoms with E-state index >= 15 is 0 Å². The van der Waals surface area contributed by atoms with E-state index < -0.39 is 0 Å². The molecule has 1 rings (SSSR count). The number of carbonyl (C=O) groups is 1. The first kappa shape index (κ1) is 14.4. The smallest absolute Gasteiger partial charge is 0.253 e. The second-order valence-corrected chi connectivity index (χ2v) is 4.93. The van der Waals surface area contributed by atoms with Gasteiger partial charge in [-0.15, -0.1) is 0 Å². The van der Waals surface area contributed by atoms with Gasteiger partial charge in [0.05, 0.1) is 5.56 Å². The highest BCUT2D eigenvalue weighted by atomic mass is 16.2. The number of aryl methyl sites for hydroxylation is 1. The molecule has 1 amide bonds. The first-order chi connectivity index (χ1) is 8.43. The molecule has 1 aromatic rings. The van der Waals surface area contributed by atoms with E-state index in [9.17, 15) is 9.59 Å². The summed E-state index contributed by atoms with van der Waals surface area (Å²) >= 11 is 0. The van der Waals surface area contributed by atoms with Crippen LogP contribution < -0.4 is 16.6 Å². The van der Waals surface area contributed by atoms with Gasteiger partial charge in [0.15, 0.2) is 0 Å². The number of H-pyrrole nitrogens is 1. The van der Waals surface area contributed by atoms with Gasteiger partial charge < -0.3 is 16.0 Å². The van der Waals surface area contributed by atoms with Gasteiger partial charge in [-0.2, -0.15) is 0 Å². The van der Waals surface area contributed by atoms with Gasteiger partial charge in [-0.3, -0.25) is 9.59 Å². The zero-order valence-electron chi connectivity index (χ0n) is 11.1. The fourth-order valence-electron chi connectivity index (χ4n) is 1.86. The quantitative estimate of drug-likeness (QED) is 0.722. The monoisotopic (exact) mass is 251 g/mol. The van der Waals surface area contributed by atoms with Gasteiger partial charge in [-0.1, -0.05) is 13.8 Å². The number of nitrogens with one attached hydrogen (secondary N) is 2. The Kier molecular flexibility index (Phi) is 5.09. The number of pyridine rings is 1. The van der Waals surface area contributed by atoms with E-state index in [4.69, 9.17) is 5.73 Å². The molecule has 5 heteroatoms. The Morgan fingerprint density at radius 2 is 2.17 bits per heavy atom. The second kappa shape index (κ2) is 6.35. The zero-order chi connectivity index (χ0) is 13.7. The van der Waals surface area contributed by atoms with E-state index in [1.807, 2.05) is 0 Å². The molecule has 1 aromatic heterocycles. The van der Waals surface area contributed by atoms with Crippen molar-refractivity contribution in [2.45, 2.75) is 33.2 Å². The minimum absolute atomic E-state index is 0.0381. The standard InChI is InChI=1S/C13H21N3O2/c1-8(2)4-10(6-14)16-13(18)11-7-15-12(17)5-9(11)3/h5,7-8,10H,4,6,14H2,1-3H3,(H,15,17)(H,16,18). The highest BCUT2D eigenvalue weighted by Crippen LogP contribution is 2.07. The minimum atomic E-state index is -0.207. The Morgan fingerprint density at radius 3 is 2.67 bits per heavy atom. The third kappa shape index (κ3) is 4.00. The van der Waals surface area contributed by atoms with Crippen molar-refractivity contribution in [3.05, 3.63) is 33.7 Å². The van der Waals surface area contributed by atoms with Gasteiger partial charge in [-0.25, -0.2) is 0 Å². The summed E-state index contributed by atoms with van der Waals surface area (Å²) in [6, 6.07) is 1.37. The Morgan fingerprint density at radius 1 is 1.50 bits per heavy atom. The van der Waals surface area contributed by atoms with Crippen molar-refractivity contribution in [3.8, 4) is 0 Å². The van der Waals surface area contributed by atoms with Gasteiger partial charge in [0.1, 0.15) is 0 Å². The largest absolute Gasteiger partial charge is 0.348 e. The maximum absolute atomic E-state index is 12.0. The SMILES string of the molecule is Cc1cc(=O)[nH]cc1C(=O)NC(CN)CC(C)C. The van der Waals surface area contributed by atoms with Crippen LogP contribution in [0.3, 0.4) is 0 Å². The summed E-state index contributed by atoms with van der Waals surface area (Å²) in [6.45, 7) is 6.32. The lowest BCUT2D eigenvalue weighted by Crippen LogP contribution is -2.41. The minimum Gasteiger partial charge on any atom is -0.348 e. The predicted molar refractivity (Wildman–Crippen MR) is 71.6 cm³/mol. The summed E-state index contributed by atoms with van der Waals surface area (Å²) in [7, 11) is 0. The fourth-order valence-corrected chi connectivity index (χ4v) is 1.86. The van der Waals surface area contributed by atoms with Crippen molar-refractivity contribution in [2.75, 3.05) is 6.54 Å². The topological polar surface area (TPSA) is 88.0 Å². The van der Waals surface area contributed by atoms with Crippen LogP contribution in [0.15, 0.2) is 17.1 Å². The molecule has 0 aromatic carbocycles. The zero-order valence-corrected chi connectivity index (χ0v) is 11.1. The Hall–Kier alpha value is -1.62. The molecular weight excluding hydrogens is 230 g/mol. The van der Waals surface area contributed by atoms with Crippen LogP contribution in [0.2, 0.25) is 0 Å². The number of nitrogens with two attached hydrogens (primary N) is 1. The van der Waals surface area contributed by atoms with Crippen molar-refractivity contribution in [1.29, 1.82) is 0 Å². The molecule has 5 nitrogen and oxygen atoms in total. The number of amides is 1. The van der Waals surface area contributed by atoms with Crippen LogP contribution in [0.25, 0.3) is 0 Å². The predicted octanol–water partition coefficient (Wildman–Crippen LogP) is 0.787. The molecule has 1 unspecified atom stereocenters. The number of hydrogen-bond donors (Lipinski definition) is 3. The van der Waals surface area contributed by atoms with E-state index in [0.717, 1.165) is 6.42 Å². The lowest BCUT2D eigenvalue weighted by Gasteiger charge is -2.19. The lowest BCUT2D eigenvalue weighted by molar-refractivity contribution is 0.0932. The summed E-state index contributed by atoms with van der Waals surface area (Å²) in [5.41, 5.74) is 6.58. The fraction of sp³-hybridized carbons (Fsp3) is 0.538. The van der Waals surface area contributed by atoms with Crippen molar-refractivity contribution in [1.82, 2.24) is 10.3 Å². The first-order valence-corrected chi connectivity index (χ1v) is 6.14. The van der Waals surface area contributed by atoms with Crippen LogP contribution in [-0.2, 0) is 0 Å². The summed E-state index contributed by atoms with van der Waals surface area (Å²) in [4.78, 5) is 25.6. The molecule has 0 saturated carbocycles. The van der Waals surface area contributed by atoms with Crippen LogP contribution in [0, 0.1) is 12.8 Å². The van der Waals surface area contributed by atoms with Gasteiger partial charge in [0.25, 0.3) is 5.91 Å². The third-order valence-electron chi connectivity index (χ3n) is 2.75. The molecular formula is C13H21N3O2. The van der Waals surface area contributed by atoms with Gasteiger partial charge in [-0.05, 0) is 24.8 Å². The van der Waals surface area contributed by atoms with Gasteiger partial charge >= 0.3 is 0 Å². The molecule has 0 aliphatic rings. The summed E-state index contributed by atoms with van der Waals surface area (Å²) in [6.07, 6.45) is 2.28. The molecule has 0 fully saturated rings. The number of hydrogen-bond acceptors (Lipinski definition) is 3. The van der Waals surface area contributed by atoms with Crippen molar-refractivity contribution < 1.29 is 4.79 Å². The molecule has 0 saturated heterocycles. The normalized spacial score (nSPS) is 12.5. The second-order valence-electron chi connectivity index (χ2n) is 4.93. The molecule has 1 heterocycles. The number of aromatic nitrogens is 1. The molecule has 0 radical (unpaired) electrons. The van der Waals surface area contributed by atoms with Crippen molar-refractivity contribution in [2.24, 2.45) is 11.7 Å². The van der Waals surface area contributed by atoms with Crippen LogP contribution >= 0.6 is 0 Å². The summed E-state index contributed by atoms with van der Waals surface area (Å²) < 4.78 is 0. The molecule has 1 atom stereocenters. The molecule has 0 spiro atoms. The summed E-state index contributed by atoms with van der Waals surface area (Å²) in [5, 5.41) is 2.89. The number of carbonyl (C=O) groups excluding carboxylic acids is 1. The Bertz CT molecular complexity index is 466. The molecule has 100 valence electrons. The van der Waals surface area contributed by atoms with Gasteiger partial charge in [0, 0.05) is 24.8 Å². The van der Waals surface area contributed by atoms with Crippen LogP contribution in [-0.4, -0.2) is 23.5 Å². The van der Waals surface area contributed by atoms with Crippen molar-refractivity contribution >= 4 is 5.91 Å². The average molecular weight is 251 g/mol. The van der Waals surface area contributed by atoms with Crippen LogP contribution in [0.1, 0.15) is 36.2 Å². The number of aromatic amines is 1. The Balaban J connectivity index is 2.77. The lowest BCUT2D eigenvalue weighted by atomic mass is 10.0. The maximum Gasteiger partial charge on any atom is 0.253 e. The van der Waals surface area contributed by atoms with Crippen molar-refractivity contribution in [3.63, 3.8) is 0 Å². The van der Waals surface area contributed by atoms with E-state index in [-0.39, 0.29) is 17.5 Å². The molecule has 18 heavy (non-hydrogen) atoms. The van der Waals surface area contributed by atoms with E-state index in [0.29, 0.717) is 23.6 Å².